The SMILES string of the molecule is CCCCNCCNC(=O)NCCCC. The van der Waals surface area contributed by atoms with Crippen molar-refractivity contribution in [1.82, 2.24) is 16.0 Å². The van der Waals surface area contributed by atoms with Crippen molar-refractivity contribution >= 4 is 6.03 Å². The largest absolute Gasteiger partial charge is 0.338 e. The molecule has 0 unspecified atom stereocenters. The molecule has 3 N–H and O–H groups in total. The number of carbonyl (C=O) groups is 1. The Balaban J connectivity index is 3.10. The van der Waals surface area contributed by atoms with Crippen LogP contribution in [0.15, 0.2) is 0 Å². The molecule has 0 radical (unpaired) electrons. The van der Waals surface area contributed by atoms with Crippen LogP contribution in [-0.4, -0.2) is 32.2 Å². The van der Waals surface area contributed by atoms with E-state index < -0.39 is 0 Å². The number of nitrogens with one attached hydrogen (secondary N) is 3. The minimum absolute atomic E-state index is 0.0549. The summed E-state index contributed by atoms with van der Waals surface area (Å²) in [6.45, 7) is 7.63. The Morgan fingerprint density at radius 3 is 2.13 bits per heavy atom. The van der Waals surface area contributed by atoms with Crippen molar-refractivity contribution < 1.29 is 4.79 Å². The predicted octanol–water partition coefficient (Wildman–Crippen LogP) is 1.48. The maximum absolute atomic E-state index is 11.2. The lowest BCUT2D eigenvalue weighted by atomic mass is 10.3. The lowest BCUT2D eigenvalue weighted by molar-refractivity contribution is 0.240. The van der Waals surface area contributed by atoms with Crippen LogP contribution >= 0.6 is 0 Å². The van der Waals surface area contributed by atoms with Crippen LogP contribution in [0.2, 0.25) is 0 Å². The van der Waals surface area contributed by atoms with Gasteiger partial charge in [0.15, 0.2) is 0 Å². The number of hydrogen-bond donors (Lipinski definition) is 3. The molecule has 4 nitrogen and oxygen atoms in total. The van der Waals surface area contributed by atoms with Crippen molar-refractivity contribution in [3.8, 4) is 0 Å². The van der Waals surface area contributed by atoms with Crippen molar-refractivity contribution in [2.24, 2.45) is 0 Å². The monoisotopic (exact) mass is 215 g/mol. The molecule has 0 aromatic carbocycles. The van der Waals surface area contributed by atoms with Crippen LogP contribution < -0.4 is 16.0 Å². The maximum Gasteiger partial charge on any atom is 0.314 e. The van der Waals surface area contributed by atoms with Gasteiger partial charge in [0.2, 0.25) is 0 Å². The highest BCUT2D eigenvalue weighted by Crippen LogP contribution is 1.82. The van der Waals surface area contributed by atoms with Gasteiger partial charge in [0, 0.05) is 19.6 Å². The molecule has 0 saturated carbocycles. The Bertz CT molecular complexity index is 151. The van der Waals surface area contributed by atoms with E-state index in [2.05, 4.69) is 29.8 Å². The molecule has 4 heteroatoms. The zero-order valence-corrected chi connectivity index (χ0v) is 10.1. The van der Waals surface area contributed by atoms with E-state index >= 15 is 0 Å². The van der Waals surface area contributed by atoms with E-state index in [4.69, 9.17) is 0 Å². The summed E-state index contributed by atoms with van der Waals surface area (Å²) in [5.41, 5.74) is 0. The van der Waals surface area contributed by atoms with Gasteiger partial charge in [-0.1, -0.05) is 26.7 Å². The van der Waals surface area contributed by atoms with E-state index in [1.807, 2.05) is 0 Å². The number of urea groups is 1. The molecule has 90 valence electrons. The van der Waals surface area contributed by atoms with Crippen LogP contribution in [0.1, 0.15) is 39.5 Å². The molecule has 0 aliphatic carbocycles. The Morgan fingerprint density at radius 2 is 1.47 bits per heavy atom. The van der Waals surface area contributed by atoms with Crippen molar-refractivity contribution in [1.29, 1.82) is 0 Å². The third-order valence-corrected chi connectivity index (χ3v) is 2.11. The smallest absolute Gasteiger partial charge is 0.314 e. The van der Waals surface area contributed by atoms with Crippen LogP contribution in [0.4, 0.5) is 4.79 Å². The van der Waals surface area contributed by atoms with Gasteiger partial charge in [-0.05, 0) is 19.4 Å². The number of amides is 2. The molecule has 0 spiro atoms. The van der Waals surface area contributed by atoms with E-state index in [9.17, 15) is 4.79 Å². The van der Waals surface area contributed by atoms with E-state index in [0.29, 0.717) is 6.54 Å². The second-order valence-corrected chi connectivity index (χ2v) is 3.64. The van der Waals surface area contributed by atoms with Gasteiger partial charge in [0.1, 0.15) is 0 Å². The Kier molecular flexibility index (Phi) is 10.7. The molecule has 0 rings (SSSR count). The van der Waals surface area contributed by atoms with Gasteiger partial charge >= 0.3 is 6.03 Å². The number of unbranched alkanes of at least 4 members (excludes halogenated alkanes) is 2. The highest BCUT2D eigenvalue weighted by atomic mass is 16.2. The average molecular weight is 215 g/mol. The molecule has 0 aliphatic heterocycles. The summed E-state index contributed by atoms with van der Waals surface area (Å²) >= 11 is 0. The Hall–Kier alpha value is -0.770. The zero-order chi connectivity index (χ0) is 11.4. The third-order valence-electron chi connectivity index (χ3n) is 2.11. The quantitative estimate of drug-likeness (QED) is 0.510. The number of rotatable bonds is 9. The van der Waals surface area contributed by atoms with Crippen LogP contribution in [0.25, 0.3) is 0 Å². The molecule has 0 aliphatic rings. The van der Waals surface area contributed by atoms with Gasteiger partial charge in [-0.15, -0.1) is 0 Å². The summed E-state index contributed by atoms with van der Waals surface area (Å²) in [6, 6.07) is -0.0549. The van der Waals surface area contributed by atoms with Gasteiger partial charge in [0.05, 0.1) is 0 Å². The van der Waals surface area contributed by atoms with Gasteiger partial charge in [-0.25, -0.2) is 4.79 Å². The molecule has 0 saturated heterocycles. The highest BCUT2D eigenvalue weighted by Gasteiger charge is 1.96. The minimum Gasteiger partial charge on any atom is -0.338 e. The Morgan fingerprint density at radius 1 is 0.867 bits per heavy atom. The van der Waals surface area contributed by atoms with Gasteiger partial charge in [0.25, 0.3) is 0 Å². The van der Waals surface area contributed by atoms with Gasteiger partial charge < -0.3 is 16.0 Å². The summed E-state index contributed by atoms with van der Waals surface area (Å²) in [4.78, 5) is 11.2. The van der Waals surface area contributed by atoms with Crippen LogP contribution in [-0.2, 0) is 0 Å². The minimum atomic E-state index is -0.0549. The summed E-state index contributed by atoms with van der Waals surface area (Å²) in [7, 11) is 0. The van der Waals surface area contributed by atoms with Crippen molar-refractivity contribution in [2.45, 2.75) is 39.5 Å². The number of carbonyl (C=O) groups excluding carboxylic acids is 1. The van der Waals surface area contributed by atoms with Crippen LogP contribution in [0.5, 0.6) is 0 Å². The second-order valence-electron chi connectivity index (χ2n) is 3.64. The molecular weight excluding hydrogens is 190 g/mol. The average Bonchev–Trinajstić information content (AvgIpc) is 2.23. The lowest BCUT2D eigenvalue weighted by Gasteiger charge is -2.07. The fraction of sp³-hybridized carbons (Fsp3) is 0.909. The van der Waals surface area contributed by atoms with E-state index in [1.165, 1.54) is 12.8 Å². The summed E-state index contributed by atoms with van der Waals surface area (Å²) < 4.78 is 0. The maximum atomic E-state index is 11.2. The van der Waals surface area contributed by atoms with Crippen molar-refractivity contribution in [3.63, 3.8) is 0 Å². The summed E-state index contributed by atoms with van der Waals surface area (Å²) in [5.74, 6) is 0. The summed E-state index contributed by atoms with van der Waals surface area (Å²) in [6.07, 6.45) is 4.56. The van der Waals surface area contributed by atoms with Gasteiger partial charge in [-0.3, -0.25) is 0 Å². The van der Waals surface area contributed by atoms with E-state index in [-0.39, 0.29) is 6.03 Å². The first kappa shape index (κ1) is 14.2. The third kappa shape index (κ3) is 11.2. The standard InChI is InChI=1S/C11H25N3O/c1-3-5-7-12-9-10-14-11(15)13-8-6-4-2/h12H,3-10H2,1-2H3,(H2,13,14,15). The molecule has 0 fully saturated rings. The van der Waals surface area contributed by atoms with E-state index in [0.717, 1.165) is 32.5 Å². The van der Waals surface area contributed by atoms with Crippen LogP contribution in [0, 0.1) is 0 Å². The van der Waals surface area contributed by atoms with Crippen molar-refractivity contribution in [3.05, 3.63) is 0 Å². The van der Waals surface area contributed by atoms with Gasteiger partial charge in [-0.2, -0.15) is 0 Å². The molecule has 0 aromatic heterocycles. The fourth-order valence-electron chi connectivity index (χ4n) is 1.13. The Labute approximate surface area is 93.2 Å². The normalized spacial score (nSPS) is 10.0. The van der Waals surface area contributed by atoms with Crippen LogP contribution in [0.3, 0.4) is 0 Å². The van der Waals surface area contributed by atoms with E-state index in [1.54, 1.807) is 0 Å². The molecule has 0 atom stereocenters. The zero-order valence-electron chi connectivity index (χ0n) is 10.1. The highest BCUT2D eigenvalue weighted by molar-refractivity contribution is 5.73. The first-order chi connectivity index (χ1) is 7.31. The molecule has 15 heavy (non-hydrogen) atoms. The van der Waals surface area contributed by atoms with Crippen molar-refractivity contribution in [2.75, 3.05) is 26.2 Å². The second kappa shape index (κ2) is 11.3. The molecule has 0 heterocycles. The molecule has 0 bridgehead atoms. The number of hydrogen-bond acceptors (Lipinski definition) is 2. The summed E-state index contributed by atoms with van der Waals surface area (Å²) in [5, 5.41) is 8.88. The molecule has 2 amide bonds. The first-order valence-electron chi connectivity index (χ1n) is 6.03. The first-order valence-corrected chi connectivity index (χ1v) is 6.03. The molecular formula is C11H25N3O. The topological polar surface area (TPSA) is 53.2 Å². The fourth-order valence-corrected chi connectivity index (χ4v) is 1.13. The predicted molar refractivity (Wildman–Crippen MR) is 64.1 cm³/mol. The molecule has 0 aromatic rings. The lowest BCUT2D eigenvalue weighted by Crippen LogP contribution is -2.39.